The first-order chi connectivity index (χ1) is 3.92. The summed E-state index contributed by atoms with van der Waals surface area (Å²) in [6, 6.07) is 0. The summed E-state index contributed by atoms with van der Waals surface area (Å²) in [5.41, 5.74) is 0. The molecule has 56 valence electrons. The summed E-state index contributed by atoms with van der Waals surface area (Å²) >= 11 is 0. The molecule has 0 saturated heterocycles. The highest BCUT2D eigenvalue weighted by molar-refractivity contribution is 7.46. The maximum atomic E-state index is 11.5. The summed E-state index contributed by atoms with van der Waals surface area (Å²) in [4.78, 5) is 19.2. The lowest BCUT2D eigenvalue weighted by Crippen LogP contribution is -1.99. The minimum atomic E-state index is -4.68. The average molecular weight is 160 g/mol. The minimum absolute atomic E-state index is 0.926. The van der Waals surface area contributed by atoms with Gasteiger partial charge in [0.05, 0.1) is 0 Å². The molecule has 0 aliphatic rings. The van der Waals surface area contributed by atoms with Crippen LogP contribution in [0.4, 0.5) is 4.39 Å². The van der Waals surface area contributed by atoms with Gasteiger partial charge in [0.2, 0.25) is 6.36 Å². The van der Waals surface area contributed by atoms with E-state index in [1.165, 1.54) is 0 Å². The third-order valence-electron chi connectivity index (χ3n) is 0.273. The van der Waals surface area contributed by atoms with E-state index in [0.717, 1.165) is 6.92 Å². The molecular weight excluding hydrogens is 154 g/mol. The Hall–Kier alpha value is -0.0000000000000000416. The lowest BCUT2D eigenvalue weighted by molar-refractivity contribution is -0.286. The number of rotatable bonds is 3. The Morgan fingerprint density at radius 2 is 2.11 bits per heavy atom. The Balaban J connectivity index is 3.40. The van der Waals surface area contributed by atoms with E-state index < -0.39 is 14.2 Å². The lowest BCUT2D eigenvalue weighted by atomic mass is 10.8. The summed E-state index contributed by atoms with van der Waals surface area (Å²) in [6.45, 7) is 0.926. The summed E-state index contributed by atoms with van der Waals surface area (Å²) in [6.07, 6.45) is -1.85. The van der Waals surface area contributed by atoms with Crippen molar-refractivity contribution in [2.24, 2.45) is 0 Å². The fourth-order valence-electron chi connectivity index (χ4n) is 0.115. The van der Waals surface area contributed by atoms with Crippen molar-refractivity contribution in [1.29, 1.82) is 0 Å². The predicted octanol–water partition coefficient (Wildman–Crippen LogP) is 0.343. The van der Waals surface area contributed by atoms with Crippen LogP contribution in [0.15, 0.2) is 0 Å². The van der Waals surface area contributed by atoms with Crippen molar-refractivity contribution in [2.75, 3.05) is 0 Å². The first-order valence-corrected chi connectivity index (χ1v) is 3.49. The quantitative estimate of drug-likeness (QED) is 0.353. The molecule has 1 atom stereocenters. The fraction of sp³-hybridized carbons (Fsp3) is 1.00. The normalized spacial score (nSPS) is 15.6. The standard InChI is InChI=1S/C2H6FO5P/c1-2(3)7-8-9(4,5)6/h2H,1H3,(H2,4,5,6). The van der Waals surface area contributed by atoms with Crippen LogP contribution in [0.3, 0.4) is 0 Å². The van der Waals surface area contributed by atoms with Gasteiger partial charge < -0.3 is 9.79 Å². The second kappa shape index (κ2) is 3.24. The van der Waals surface area contributed by atoms with Crippen LogP contribution in [0.2, 0.25) is 0 Å². The Bertz CT molecular complexity index is 118. The summed E-state index contributed by atoms with van der Waals surface area (Å²) in [7, 11) is -4.68. The molecule has 9 heavy (non-hydrogen) atoms. The van der Waals surface area contributed by atoms with E-state index in [2.05, 4.69) is 9.56 Å². The van der Waals surface area contributed by atoms with E-state index in [4.69, 9.17) is 9.79 Å². The van der Waals surface area contributed by atoms with E-state index in [1.807, 2.05) is 0 Å². The predicted molar refractivity (Wildman–Crippen MR) is 24.8 cm³/mol. The van der Waals surface area contributed by atoms with Crippen molar-refractivity contribution in [2.45, 2.75) is 13.3 Å². The number of alkyl halides is 1. The van der Waals surface area contributed by atoms with Crippen LogP contribution in [0.25, 0.3) is 0 Å². The molecule has 0 aromatic heterocycles. The topological polar surface area (TPSA) is 76.0 Å². The molecule has 2 N–H and O–H groups in total. The molecule has 0 aromatic rings. The van der Waals surface area contributed by atoms with Crippen LogP contribution in [0, 0.1) is 0 Å². The number of halogens is 1. The van der Waals surface area contributed by atoms with Gasteiger partial charge in [-0.25, -0.2) is 8.96 Å². The van der Waals surface area contributed by atoms with Gasteiger partial charge in [0.1, 0.15) is 0 Å². The zero-order valence-electron chi connectivity index (χ0n) is 4.52. The van der Waals surface area contributed by atoms with Crippen molar-refractivity contribution in [3.8, 4) is 0 Å². The van der Waals surface area contributed by atoms with Crippen molar-refractivity contribution >= 4 is 7.82 Å². The van der Waals surface area contributed by atoms with Gasteiger partial charge >= 0.3 is 7.82 Å². The van der Waals surface area contributed by atoms with E-state index in [1.54, 1.807) is 0 Å². The lowest BCUT2D eigenvalue weighted by Gasteiger charge is -2.03. The number of hydrogen-bond donors (Lipinski definition) is 2. The summed E-state index contributed by atoms with van der Waals surface area (Å²) < 4.78 is 24.5. The molecule has 0 aliphatic heterocycles. The van der Waals surface area contributed by atoms with Crippen molar-refractivity contribution in [1.82, 2.24) is 0 Å². The number of phosphoric acid groups is 1. The Kier molecular flexibility index (Phi) is 3.24. The Morgan fingerprint density at radius 1 is 1.67 bits per heavy atom. The van der Waals surface area contributed by atoms with Gasteiger partial charge in [-0.15, -0.1) is 4.67 Å². The van der Waals surface area contributed by atoms with Gasteiger partial charge in [-0.05, 0) is 6.92 Å². The first-order valence-electron chi connectivity index (χ1n) is 1.96. The minimum Gasteiger partial charge on any atom is -0.301 e. The molecule has 0 bridgehead atoms. The van der Waals surface area contributed by atoms with Gasteiger partial charge in [-0.3, -0.25) is 0 Å². The molecule has 0 aliphatic carbocycles. The van der Waals surface area contributed by atoms with Gasteiger partial charge in [-0.1, -0.05) is 0 Å². The molecule has 0 amide bonds. The molecule has 1 unspecified atom stereocenters. The van der Waals surface area contributed by atoms with Crippen LogP contribution in [-0.4, -0.2) is 16.1 Å². The second-order valence-electron chi connectivity index (χ2n) is 1.20. The molecule has 0 fully saturated rings. The summed E-state index contributed by atoms with van der Waals surface area (Å²) in [5.74, 6) is 0. The molecule has 0 heterocycles. The van der Waals surface area contributed by atoms with E-state index >= 15 is 0 Å². The Morgan fingerprint density at radius 3 is 2.22 bits per heavy atom. The van der Waals surface area contributed by atoms with Crippen LogP contribution in [0.1, 0.15) is 6.92 Å². The van der Waals surface area contributed by atoms with E-state index in [0.29, 0.717) is 0 Å². The van der Waals surface area contributed by atoms with Crippen molar-refractivity contribution in [3.05, 3.63) is 0 Å². The van der Waals surface area contributed by atoms with Gasteiger partial charge in [0.15, 0.2) is 0 Å². The zero-order chi connectivity index (χ0) is 7.49. The van der Waals surface area contributed by atoms with Gasteiger partial charge in [0, 0.05) is 0 Å². The third-order valence-corrected chi connectivity index (χ3v) is 0.553. The molecule has 0 aromatic carbocycles. The largest absolute Gasteiger partial charge is 0.496 e. The highest BCUT2D eigenvalue weighted by atomic mass is 31.2. The van der Waals surface area contributed by atoms with Gasteiger partial charge in [-0.2, -0.15) is 4.89 Å². The maximum Gasteiger partial charge on any atom is 0.496 e. The zero-order valence-corrected chi connectivity index (χ0v) is 5.42. The monoisotopic (exact) mass is 160 g/mol. The second-order valence-corrected chi connectivity index (χ2v) is 2.33. The van der Waals surface area contributed by atoms with Crippen LogP contribution >= 0.6 is 7.82 Å². The van der Waals surface area contributed by atoms with Crippen LogP contribution < -0.4 is 0 Å². The van der Waals surface area contributed by atoms with Crippen LogP contribution in [0.5, 0.6) is 0 Å². The highest BCUT2D eigenvalue weighted by Crippen LogP contribution is 2.36. The van der Waals surface area contributed by atoms with Gasteiger partial charge in [0.25, 0.3) is 0 Å². The number of hydrogen-bond acceptors (Lipinski definition) is 3. The molecule has 0 rings (SSSR count). The molecule has 0 spiro atoms. The van der Waals surface area contributed by atoms with E-state index in [9.17, 15) is 8.96 Å². The molecule has 0 saturated carbocycles. The Labute approximate surface area is 50.6 Å². The summed E-state index contributed by atoms with van der Waals surface area (Å²) in [5, 5.41) is 0. The molecular formula is C2H6FO5P. The highest BCUT2D eigenvalue weighted by Gasteiger charge is 2.16. The maximum absolute atomic E-state index is 11.5. The SMILES string of the molecule is CC(F)OOP(=O)(O)O. The third kappa shape index (κ3) is 8.00. The molecule has 5 nitrogen and oxygen atoms in total. The fourth-order valence-corrected chi connectivity index (χ4v) is 0.346. The van der Waals surface area contributed by atoms with Crippen molar-refractivity contribution in [3.63, 3.8) is 0 Å². The van der Waals surface area contributed by atoms with Crippen LogP contribution in [-0.2, 0) is 14.1 Å². The van der Waals surface area contributed by atoms with E-state index in [-0.39, 0.29) is 0 Å². The smallest absolute Gasteiger partial charge is 0.301 e. The first kappa shape index (κ1) is 9.00. The molecule has 7 heteroatoms. The average Bonchev–Trinajstić information content (AvgIpc) is 1.59. The van der Waals surface area contributed by atoms with Crippen molar-refractivity contribution < 1.29 is 28.3 Å². The molecule has 0 radical (unpaired) electrons.